The Labute approximate surface area is 124 Å². The Morgan fingerprint density at radius 3 is 2.57 bits per heavy atom. The fourth-order valence-corrected chi connectivity index (χ4v) is 1.66. The molecule has 110 valence electrons. The number of benzene rings is 1. The van der Waals surface area contributed by atoms with Crippen molar-refractivity contribution in [3.63, 3.8) is 0 Å². The van der Waals surface area contributed by atoms with Crippen molar-refractivity contribution in [2.24, 2.45) is 7.05 Å². The van der Waals surface area contributed by atoms with Crippen LogP contribution < -0.4 is 10.2 Å². The average Bonchev–Trinajstić information content (AvgIpc) is 2.82. The number of tetrazole rings is 1. The Hall–Kier alpha value is -2.68. The molecule has 0 spiro atoms. The molecule has 0 unspecified atom stereocenters. The number of urea groups is 1. The van der Waals surface area contributed by atoms with Gasteiger partial charge in [-0.2, -0.15) is 4.80 Å². The monoisotopic (exact) mass is 310 g/mol. The van der Waals surface area contributed by atoms with Gasteiger partial charge in [-0.15, -0.1) is 5.10 Å². The van der Waals surface area contributed by atoms with Gasteiger partial charge in [0.1, 0.15) is 6.54 Å². The average molecular weight is 311 g/mol. The molecule has 1 heterocycles. The third-order valence-corrected chi connectivity index (χ3v) is 2.66. The van der Waals surface area contributed by atoms with Crippen molar-refractivity contribution in [2.75, 3.05) is 16.8 Å². The number of aromatic nitrogens is 4. The lowest BCUT2D eigenvalue weighted by molar-refractivity contribution is -0.135. The van der Waals surface area contributed by atoms with Crippen LogP contribution in [0.1, 0.15) is 0 Å². The summed E-state index contributed by atoms with van der Waals surface area (Å²) in [4.78, 5) is 25.2. The molecule has 2 rings (SSSR count). The molecule has 1 aromatic heterocycles. The first kappa shape index (κ1) is 14.7. The minimum absolute atomic E-state index is 0.0214. The topological polar surface area (TPSA) is 113 Å². The van der Waals surface area contributed by atoms with Crippen LogP contribution in [-0.4, -0.2) is 43.9 Å². The highest BCUT2D eigenvalue weighted by atomic mass is 35.5. The first-order chi connectivity index (χ1) is 9.95. The summed E-state index contributed by atoms with van der Waals surface area (Å²) in [6.07, 6.45) is 0. The maximum absolute atomic E-state index is 12.1. The molecule has 0 saturated heterocycles. The van der Waals surface area contributed by atoms with Gasteiger partial charge < -0.3 is 5.11 Å². The maximum Gasteiger partial charge on any atom is 0.329 e. The number of carbonyl (C=O) groups is 2. The fourth-order valence-electron chi connectivity index (χ4n) is 1.53. The third-order valence-electron chi connectivity index (χ3n) is 2.40. The number of halogens is 1. The van der Waals surface area contributed by atoms with Crippen molar-refractivity contribution in [1.29, 1.82) is 0 Å². The number of nitrogens with zero attached hydrogens (tertiary/aromatic N) is 5. The van der Waals surface area contributed by atoms with E-state index < -0.39 is 18.5 Å². The lowest BCUT2D eigenvalue weighted by Crippen LogP contribution is -2.39. The SMILES string of the molecule is Cn1nnc(NC(=O)N(CC(=O)O)c2ccc(Cl)cc2)n1. The van der Waals surface area contributed by atoms with Crippen molar-refractivity contribution < 1.29 is 14.7 Å². The number of carboxylic acid groups (broad SMARTS) is 1. The molecule has 10 heteroatoms. The molecule has 0 aliphatic carbocycles. The number of anilines is 2. The zero-order valence-electron chi connectivity index (χ0n) is 10.9. The number of aryl methyl sites for hydroxylation is 1. The summed E-state index contributed by atoms with van der Waals surface area (Å²) in [5, 5.41) is 22.7. The highest BCUT2D eigenvalue weighted by Gasteiger charge is 2.20. The van der Waals surface area contributed by atoms with Gasteiger partial charge in [0.15, 0.2) is 0 Å². The number of aliphatic carboxylic acids is 1. The Kier molecular flexibility index (Phi) is 4.33. The van der Waals surface area contributed by atoms with Gasteiger partial charge in [-0.1, -0.05) is 16.7 Å². The van der Waals surface area contributed by atoms with Crippen LogP contribution in [0.3, 0.4) is 0 Å². The summed E-state index contributed by atoms with van der Waals surface area (Å²) >= 11 is 5.77. The Morgan fingerprint density at radius 1 is 1.38 bits per heavy atom. The van der Waals surface area contributed by atoms with E-state index in [2.05, 4.69) is 20.7 Å². The van der Waals surface area contributed by atoms with E-state index in [0.29, 0.717) is 10.7 Å². The highest BCUT2D eigenvalue weighted by molar-refractivity contribution is 6.30. The molecule has 21 heavy (non-hydrogen) atoms. The number of nitrogens with one attached hydrogen (secondary N) is 1. The number of carbonyl (C=O) groups excluding carboxylic acids is 1. The van der Waals surface area contributed by atoms with Gasteiger partial charge >= 0.3 is 12.0 Å². The molecule has 0 fully saturated rings. The van der Waals surface area contributed by atoms with Gasteiger partial charge in [0.05, 0.1) is 7.05 Å². The molecule has 0 aliphatic heterocycles. The molecule has 0 radical (unpaired) electrons. The van der Waals surface area contributed by atoms with Gasteiger partial charge in [-0.3, -0.25) is 15.0 Å². The second kappa shape index (κ2) is 6.18. The lowest BCUT2D eigenvalue weighted by Gasteiger charge is -2.20. The zero-order chi connectivity index (χ0) is 15.4. The minimum Gasteiger partial charge on any atom is -0.480 e. The summed E-state index contributed by atoms with van der Waals surface area (Å²) in [7, 11) is 1.54. The van der Waals surface area contributed by atoms with Gasteiger partial charge in [0, 0.05) is 10.7 Å². The second-order valence-corrected chi connectivity index (χ2v) is 4.43. The van der Waals surface area contributed by atoms with Crippen LogP contribution in [0.5, 0.6) is 0 Å². The Balaban J connectivity index is 2.20. The van der Waals surface area contributed by atoms with Gasteiger partial charge in [0.2, 0.25) is 0 Å². The largest absolute Gasteiger partial charge is 0.480 e. The standard InChI is InChI=1S/C11H11ClN6O3/c1-17-15-10(14-16-17)13-11(21)18(6-9(19)20)8-4-2-7(12)3-5-8/h2-5H,6H2,1H3,(H,19,20)(H,13,15,21). The van der Waals surface area contributed by atoms with Gasteiger partial charge in [-0.25, -0.2) is 4.79 Å². The van der Waals surface area contributed by atoms with Crippen LogP contribution >= 0.6 is 11.6 Å². The summed E-state index contributed by atoms with van der Waals surface area (Å²) in [5.74, 6) is -1.18. The number of carboxylic acids is 1. The van der Waals surface area contributed by atoms with Crippen LogP contribution in [0.2, 0.25) is 5.02 Å². The smallest absolute Gasteiger partial charge is 0.329 e. The predicted octanol–water partition coefficient (Wildman–Crippen LogP) is 0.987. The number of amides is 2. The molecule has 1 aromatic carbocycles. The number of rotatable bonds is 4. The van der Waals surface area contributed by atoms with E-state index >= 15 is 0 Å². The second-order valence-electron chi connectivity index (χ2n) is 3.99. The van der Waals surface area contributed by atoms with E-state index in [4.69, 9.17) is 16.7 Å². The van der Waals surface area contributed by atoms with Crippen molar-refractivity contribution >= 4 is 35.2 Å². The predicted molar refractivity (Wildman–Crippen MR) is 74.3 cm³/mol. The minimum atomic E-state index is -1.16. The summed E-state index contributed by atoms with van der Waals surface area (Å²) in [6.45, 7) is -0.520. The van der Waals surface area contributed by atoms with E-state index in [-0.39, 0.29) is 5.95 Å². The normalized spacial score (nSPS) is 10.2. The van der Waals surface area contributed by atoms with Crippen molar-refractivity contribution in [3.8, 4) is 0 Å². The zero-order valence-corrected chi connectivity index (χ0v) is 11.7. The molecule has 0 bridgehead atoms. The molecule has 2 N–H and O–H groups in total. The quantitative estimate of drug-likeness (QED) is 0.870. The van der Waals surface area contributed by atoms with Crippen LogP contribution in [0.15, 0.2) is 24.3 Å². The van der Waals surface area contributed by atoms with E-state index in [1.54, 1.807) is 12.1 Å². The maximum atomic E-state index is 12.1. The third kappa shape index (κ3) is 3.89. The van der Waals surface area contributed by atoms with Crippen LogP contribution in [0.25, 0.3) is 0 Å². The highest BCUT2D eigenvalue weighted by Crippen LogP contribution is 2.18. The molecular formula is C11H11ClN6O3. The first-order valence-corrected chi connectivity index (χ1v) is 6.13. The van der Waals surface area contributed by atoms with E-state index in [1.807, 2.05) is 0 Å². The molecule has 0 aliphatic rings. The molecule has 0 atom stereocenters. The molecule has 2 aromatic rings. The van der Waals surface area contributed by atoms with Crippen LogP contribution in [0, 0.1) is 0 Å². The van der Waals surface area contributed by atoms with Crippen LogP contribution in [0.4, 0.5) is 16.4 Å². The molecular weight excluding hydrogens is 300 g/mol. The fraction of sp³-hybridized carbons (Fsp3) is 0.182. The summed E-state index contributed by atoms with van der Waals surface area (Å²) in [6, 6.07) is 5.50. The van der Waals surface area contributed by atoms with Gasteiger partial charge in [0.25, 0.3) is 5.95 Å². The summed E-state index contributed by atoms with van der Waals surface area (Å²) < 4.78 is 0. The lowest BCUT2D eigenvalue weighted by atomic mass is 10.3. The van der Waals surface area contributed by atoms with E-state index in [0.717, 1.165) is 4.90 Å². The molecule has 2 amide bonds. The Morgan fingerprint density at radius 2 is 2.05 bits per heavy atom. The molecule has 9 nitrogen and oxygen atoms in total. The number of hydrogen-bond donors (Lipinski definition) is 2. The summed E-state index contributed by atoms with van der Waals surface area (Å²) in [5.41, 5.74) is 0.378. The first-order valence-electron chi connectivity index (χ1n) is 5.75. The van der Waals surface area contributed by atoms with Crippen molar-refractivity contribution in [1.82, 2.24) is 20.2 Å². The van der Waals surface area contributed by atoms with Gasteiger partial charge in [-0.05, 0) is 29.5 Å². The number of hydrogen-bond acceptors (Lipinski definition) is 5. The van der Waals surface area contributed by atoms with Crippen molar-refractivity contribution in [3.05, 3.63) is 29.3 Å². The molecule has 0 saturated carbocycles. The van der Waals surface area contributed by atoms with E-state index in [9.17, 15) is 9.59 Å². The van der Waals surface area contributed by atoms with Crippen LogP contribution in [-0.2, 0) is 11.8 Å². The van der Waals surface area contributed by atoms with E-state index in [1.165, 1.54) is 24.0 Å². The Bertz CT molecular complexity index is 656. The van der Waals surface area contributed by atoms with Crippen molar-refractivity contribution in [2.45, 2.75) is 0 Å².